The van der Waals surface area contributed by atoms with Crippen molar-refractivity contribution in [2.45, 2.75) is 13.0 Å². The maximum atomic E-state index is 13.2. The first-order chi connectivity index (χ1) is 6.66. The van der Waals surface area contributed by atoms with Crippen LogP contribution in [0.3, 0.4) is 0 Å². The van der Waals surface area contributed by atoms with Crippen molar-refractivity contribution < 1.29 is 8.78 Å². The normalized spacial score (nSPS) is 12.9. The standard InChI is InChI=1S/C10H13F2NS/c1-2-14-6-9(13)7-4-3-5-8(11)10(7)12/h3-5,9H,2,6,13H2,1H3. The fourth-order valence-electron chi connectivity index (χ4n) is 1.14. The molecule has 0 aromatic heterocycles. The molecule has 1 aromatic rings. The summed E-state index contributed by atoms with van der Waals surface area (Å²) < 4.78 is 26.0. The van der Waals surface area contributed by atoms with E-state index >= 15 is 0 Å². The van der Waals surface area contributed by atoms with Crippen LogP contribution in [0.5, 0.6) is 0 Å². The van der Waals surface area contributed by atoms with Gasteiger partial charge in [0.25, 0.3) is 0 Å². The number of hydrogen-bond donors (Lipinski definition) is 1. The topological polar surface area (TPSA) is 26.0 Å². The molecule has 0 aliphatic rings. The average molecular weight is 217 g/mol. The Morgan fingerprint density at radius 2 is 2.14 bits per heavy atom. The van der Waals surface area contributed by atoms with Gasteiger partial charge < -0.3 is 5.73 Å². The Bertz CT molecular complexity index is 304. The van der Waals surface area contributed by atoms with E-state index in [1.165, 1.54) is 12.1 Å². The molecule has 0 saturated carbocycles. The SMILES string of the molecule is CCSCC(N)c1cccc(F)c1F. The third-order valence-electron chi connectivity index (χ3n) is 1.88. The summed E-state index contributed by atoms with van der Waals surface area (Å²) in [4.78, 5) is 0. The lowest BCUT2D eigenvalue weighted by Gasteiger charge is -2.12. The van der Waals surface area contributed by atoms with E-state index in [4.69, 9.17) is 5.73 Å². The lowest BCUT2D eigenvalue weighted by atomic mass is 10.1. The van der Waals surface area contributed by atoms with Gasteiger partial charge in [0.2, 0.25) is 0 Å². The maximum Gasteiger partial charge on any atom is 0.163 e. The van der Waals surface area contributed by atoms with Gasteiger partial charge in [-0.15, -0.1) is 0 Å². The molecule has 1 nitrogen and oxygen atoms in total. The monoisotopic (exact) mass is 217 g/mol. The molecule has 0 aliphatic heterocycles. The van der Waals surface area contributed by atoms with E-state index < -0.39 is 17.7 Å². The largest absolute Gasteiger partial charge is 0.323 e. The third kappa shape index (κ3) is 2.69. The third-order valence-corrected chi connectivity index (χ3v) is 2.89. The molecule has 1 atom stereocenters. The van der Waals surface area contributed by atoms with Crippen molar-refractivity contribution in [3.8, 4) is 0 Å². The van der Waals surface area contributed by atoms with Crippen molar-refractivity contribution >= 4 is 11.8 Å². The van der Waals surface area contributed by atoms with E-state index in [9.17, 15) is 8.78 Å². The van der Waals surface area contributed by atoms with Gasteiger partial charge in [-0.05, 0) is 11.8 Å². The molecular formula is C10H13F2NS. The first-order valence-electron chi connectivity index (χ1n) is 4.44. The van der Waals surface area contributed by atoms with Gasteiger partial charge in [0.05, 0.1) is 0 Å². The zero-order valence-electron chi connectivity index (χ0n) is 7.97. The van der Waals surface area contributed by atoms with Gasteiger partial charge in [-0.2, -0.15) is 11.8 Å². The van der Waals surface area contributed by atoms with E-state index in [2.05, 4.69) is 0 Å². The van der Waals surface area contributed by atoms with Gasteiger partial charge in [0, 0.05) is 17.4 Å². The van der Waals surface area contributed by atoms with E-state index in [-0.39, 0.29) is 5.56 Å². The van der Waals surface area contributed by atoms with Gasteiger partial charge in [-0.25, -0.2) is 8.78 Å². The zero-order valence-corrected chi connectivity index (χ0v) is 8.78. The maximum absolute atomic E-state index is 13.2. The Hall–Kier alpha value is -0.610. The van der Waals surface area contributed by atoms with E-state index in [1.54, 1.807) is 11.8 Å². The summed E-state index contributed by atoms with van der Waals surface area (Å²) in [6.07, 6.45) is 0. The summed E-state index contributed by atoms with van der Waals surface area (Å²) in [5.74, 6) is -0.127. The van der Waals surface area contributed by atoms with Crippen LogP contribution in [0.15, 0.2) is 18.2 Å². The van der Waals surface area contributed by atoms with Crippen molar-refractivity contribution in [1.82, 2.24) is 0 Å². The van der Waals surface area contributed by atoms with Crippen molar-refractivity contribution in [3.63, 3.8) is 0 Å². The van der Waals surface area contributed by atoms with Crippen LogP contribution in [0, 0.1) is 11.6 Å². The Morgan fingerprint density at radius 1 is 1.43 bits per heavy atom. The smallest absolute Gasteiger partial charge is 0.163 e. The Morgan fingerprint density at radius 3 is 2.79 bits per heavy atom. The number of halogens is 2. The summed E-state index contributed by atoms with van der Waals surface area (Å²) in [7, 11) is 0. The molecule has 0 heterocycles. The van der Waals surface area contributed by atoms with E-state index in [0.717, 1.165) is 11.8 Å². The lowest BCUT2D eigenvalue weighted by Crippen LogP contribution is -2.15. The number of hydrogen-bond acceptors (Lipinski definition) is 2. The summed E-state index contributed by atoms with van der Waals surface area (Å²) in [6.45, 7) is 2.00. The van der Waals surface area contributed by atoms with Crippen molar-refractivity contribution in [2.75, 3.05) is 11.5 Å². The molecule has 1 unspecified atom stereocenters. The Labute approximate surface area is 86.7 Å². The van der Waals surface area contributed by atoms with Crippen LogP contribution in [-0.2, 0) is 0 Å². The molecule has 1 aromatic carbocycles. The number of nitrogens with two attached hydrogens (primary N) is 1. The van der Waals surface area contributed by atoms with E-state index in [0.29, 0.717) is 5.75 Å². The van der Waals surface area contributed by atoms with Gasteiger partial charge in [-0.1, -0.05) is 19.1 Å². The second-order valence-electron chi connectivity index (χ2n) is 2.91. The highest BCUT2D eigenvalue weighted by molar-refractivity contribution is 7.99. The van der Waals surface area contributed by atoms with Gasteiger partial charge in [0.15, 0.2) is 11.6 Å². The molecule has 0 amide bonds. The fraction of sp³-hybridized carbons (Fsp3) is 0.400. The minimum Gasteiger partial charge on any atom is -0.323 e. The Balaban J connectivity index is 2.79. The lowest BCUT2D eigenvalue weighted by molar-refractivity contribution is 0.493. The number of rotatable bonds is 4. The predicted octanol–water partition coefficient (Wildman–Crippen LogP) is 2.72. The summed E-state index contributed by atoms with van der Waals surface area (Å²) >= 11 is 1.61. The zero-order chi connectivity index (χ0) is 10.6. The molecular weight excluding hydrogens is 204 g/mol. The Kier molecular flexibility index (Phi) is 4.35. The molecule has 78 valence electrons. The quantitative estimate of drug-likeness (QED) is 0.839. The minimum atomic E-state index is -0.834. The summed E-state index contributed by atoms with van der Waals surface area (Å²) in [5.41, 5.74) is 5.98. The molecule has 14 heavy (non-hydrogen) atoms. The molecule has 0 aliphatic carbocycles. The van der Waals surface area contributed by atoms with Crippen LogP contribution in [0.1, 0.15) is 18.5 Å². The average Bonchev–Trinajstić information content (AvgIpc) is 2.18. The van der Waals surface area contributed by atoms with Crippen LogP contribution in [-0.4, -0.2) is 11.5 Å². The molecule has 4 heteroatoms. The molecule has 2 N–H and O–H groups in total. The molecule has 0 bridgehead atoms. The van der Waals surface area contributed by atoms with Crippen LogP contribution < -0.4 is 5.73 Å². The summed E-state index contributed by atoms with van der Waals surface area (Å²) in [5, 5.41) is 0. The second-order valence-corrected chi connectivity index (χ2v) is 4.23. The first kappa shape index (κ1) is 11.5. The van der Waals surface area contributed by atoms with Crippen molar-refractivity contribution in [3.05, 3.63) is 35.4 Å². The fourth-order valence-corrected chi connectivity index (χ4v) is 1.81. The van der Waals surface area contributed by atoms with Crippen LogP contribution in [0.25, 0.3) is 0 Å². The van der Waals surface area contributed by atoms with Crippen LogP contribution >= 0.6 is 11.8 Å². The van der Waals surface area contributed by atoms with Crippen LogP contribution in [0.4, 0.5) is 8.78 Å². The highest BCUT2D eigenvalue weighted by Gasteiger charge is 2.13. The number of thioether (sulfide) groups is 1. The highest BCUT2D eigenvalue weighted by atomic mass is 32.2. The first-order valence-corrected chi connectivity index (χ1v) is 5.59. The molecule has 1 rings (SSSR count). The van der Waals surface area contributed by atoms with Gasteiger partial charge in [-0.3, -0.25) is 0 Å². The molecule has 0 fully saturated rings. The predicted molar refractivity (Wildman–Crippen MR) is 56.3 cm³/mol. The summed E-state index contributed by atoms with van der Waals surface area (Å²) in [6, 6.07) is 3.66. The highest BCUT2D eigenvalue weighted by Crippen LogP contribution is 2.20. The molecule has 0 radical (unpaired) electrons. The van der Waals surface area contributed by atoms with Crippen LogP contribution in [0.2, 0.25) is 0 Å². The second kappa shape index (κ2) is 5.32. The van der Waals surface area contributed by atoms with E-state index in [1.807, 2.05) is 6.92 Å². The molecule has 0 saturated heterocycles. The minimum absolute atomic E-state index is 0.256. The van der Waals surface area contributed by atoms with Crippen molar-refractivity contribution in [1.29, 1.82) is 0 Å². The number of benzene rings is 1. The van der Waals surface area contributed by atoms with Gasteiger partial charge >= 0.3 is 0 Å². The molecule has 0 spiro atoms. The van der Waals surface area contributed by atoms with Gasteiger partial charge in [0.1, 0.15) is 0 Å². The van der Waals surface area contributed by atoms with Crippen molar-refractivity contribution in [2.24, 2.45) is 5.73 Å².